The number of fused-ring (bicyclic) bond motifs is 1. The number of hydrogen-bond acceptors (Lipinski definition) is 4. The molecule has 3 rings (SSSR count). The average Bonchev–Trinajstić information content (AvgIpc) is 2.49. The van der Waals surface area contributed by atoms with Crippen molar-refractivity contribution in [3.63, 3.8) is 0 Å². The molecule has 4 nitrogen and oxygen atoms in total. The van der Waals surface area contributed by atoms with Crippen molar-refractivity contribution in [2.24, 2.45) is 0 Å². The van der Waals surface area contributed by atoms with Gasteiger partial charge in [-0.05, 0) is 29.8 Å². The zero-order valence-electron chi connectivity index (χ0n) is 8.51. The molecule has 1 saturated heterocycles. The lowest BCUT2D eigenvalue weighted by Crippen LogP contribution is -2.50. The minimum absolute atomic E-state index is 0.208. The molecule has 0 spiro atoms. The summed E-state index contributed by atoms with van der Waals surface area (Å²) >= 11 is 0. The zero-order chi connectivity index (χ0) is 11.2. The summed E-state index contributed by atoms with van der Waals surface area (Å²) in [5.74, 6) is 0.729. The van der Waals surface area contributed by atoms with Crippen LogP contribution in [0.25, 0.3) is 6.08 Å². The van der Waals surface area contributed by atoms with Gasteiger partial charge in [0.1, 0.15) is 11.9 Å². The zero-order valence-corrected chi connectivity index (χ0v) is 9.33. The van der Waals surface area contributed by atoms with Crippen molar-refractivity contribution in [3.8, 4) is 5.75 Å². The van der Waals surface area contributed by atoms with Gasteiger partial charge < -0.3 is 10.1 Å². The highest BCUT2D eigenvalue weighted by Gasteiger charge is 2.22. The van der Waals surface area contributed by atoms with Gasteiger partial charge in [-0.15, -0.1) is 0 Å². The molecule has 0 atom stereocenters. The molecule has 0 saturated carbocycles. The van der Waals surface area contributed by atoms with E-state index in [4.69, 9.17) is 4.74 Å². The summed E-state index contributed by atoms with van der Waals surface area (Å²) in [4.78, 5) is 0.367. The maximum absolute atomic E-state index is 11.5. The van der Waals surface area contributed by atoms with Crippen LogP contribution in [0.15, 0.2) is 28.5 Å². The van der Waals surface area contributed by atoms with E-state index < -0.39 is 9.84 Å². The fourth-order valence-corrected chi connectivity index (χ4v) is 2.95. The molecule has 1 aromatic rings. The molecular formula is C11H11NO3S. The van der Waals surface area contributed by atoms with Gasteiger partial charge in [0.05, 0.1) is 4.90 Å². The molecule has 0 aromatic heterocycles. The highest BCUT2D eigenvalue weighted by Crippen LogP contribution is 2.30. The first-order chi connectivity index (χ1) is 7.65. The Morgan fingerprint density at radius 3 is 2.81 bits per heavy atom. The number of benzene rings is 1. The Hall–Kier alpha value is -1.33. The van der Waals surface area contributed by atoms with Crippen LogP contribution in [0.4, 0.5) is 0 Å². The number of sulfone groups is 1. The van der Waals surface area contributed by atoms with E-state index in [0.29, 0.717) is 10.5 Å². The molecule has 84 valence electrons. The Labute approximate surface area is 93.8 Å². The van der Waals surface area contributed by atoms with E-state index >= 15 is 0 Å². The van der Waals surface area contributed by atoms with Gasteiger partial charge >= 0.3 is 0 Å². The predicted molar refractivity (Wildman–Crippen MR) is 59.9 cm³/mol. The van der Waals surface area contributed by atoms with Crippen LogP contribution < -0.4 is 10.1 Å². The predicted octanol–water partition coefficient (Wildman–Crippen LogP) is 0.795. The maximum atomic E-state index is 11.5. The van der Waals surface area contributed by atoms with Crippen LogP contribution in [-0.2, 0) is 9.84 Å². The lowest BCUT2D eigenvalue weighted by molar-refractivity contribution is 0.142. The maximum Gasteiger partial charge on any atom is 0.200 e. The van der Waals surface area contributed by atoms with E-state index in [2.05, 4.69) is 5.32 Å². The highest BCUT2D eigenvalue weighted by molar-refractivity contribution is 7.94. The monoisotopic (exact) mass is 237 g/mol. The van der Waals surface area contributed by atoms with Crippen LogP contribution in [0.3, 0.4) is 0 Å². The summed E-state index contributed by atoms with van der Waals surface area (Å²) < 4.78 is 28.7. The standard InChI is InChI=1S/C11H11NO3S/c13-16(14)4-3-8-5-9(1-2-11(8)16)15-10-6-12-7-10/h1-5,10,12H,6-7H2. The Balaban J connectivity index is 1.92. The first-order valence-corrected chi connectivity index (χ1v) is 6.64. The van der Waals surface area contributed by atoms with Gasteiger partial charge in [0.2, 0.25) is 0 Å². The summed E-state index contributed by atoms with van der Waals surface area (Å²) in [7, 11) is -3.19. The van der Waals surface area contributed by atoms with E-state index in [1.807, 2.05) is 0 Å². The van der Waals surface area contributed by atoms with E-state index in [0.717, 1.165) is 18.8 Å². The Kier molecular flexibility index (Phi) is 2.05. The van der Waals surface area contributed by atoms with Gasteiger partial charge in [-0.25, -0.2) is 8.42 Å². The Morgan fingerprint density at radius 2 is 2.12 bits per heavy atom. The summed E-state index contributed by atoms with van der Waals surface area (Å²) in [6.45, 7) is 1.70. The second-order valence-electron chi connectivity index (χ2n) is 3.95. The van der Waals surface area contributed by atoms with Crippen molar-refractivity contribution in [3.05, 3.63) is 29.2 Å². The molecule has 0 radical (unpaired) electrons. The van der Waals surface area contributed by atoms with E-state index in [-0.39, 0.29) is 6.10 Å². The van der Waals surface area contributed by atoms with Crippen LogP contribution in [0.5, 0.6) is 5.75 Å². The van der Waals surface area contributed by atoms with Crippen LogP contribution in [0, 0.1) is 0 Å². The SMILES string of the molecule is O=S1(=O)C=Cc2cc(OC3CNC3)ccc21. The Morgan fingerprint density at radius 1 is 1.31 bits per heavy atom. The molecule has 2 aliphatic heterocycles. The second-order valence-corrected chi connectivity index (χ2v) is 5.75. The lowest BCUT2D eigenvalue weighted by atomic mass is 10.2. The minimum atomic E-state index is -3.19. The van der Waals surface area contributed by atoms with E-state index in [1.54, 1.807) is 24.3 Å². The van der Waals surface area contributed by atoms with Gasteiger partial charge in [-0.1, -0.05) is 0 Å². The molecule has 1 aromatic carbocycles. The quantitative estimate of drug-likeness (QED) is 0.826. The number of nitrogens with one attached hydrogen (secondary N) is 1. The van der Waals surface area contributed by atoms with Gasteiger partial charge in [0.25, 0.3) is 0 Å². The van der Waals surface area contributed by atoms with Gasteiger partial charge in [-0.3, -0.25) is 0 Å². The van der Waals surface area contributed by atoms with Gasteiger partial charge in [0, 0.05) is 18.5 Å². The molecule has 16 heavy (non-hydrogen) atoms. The molecule has 0 aliphatic carbocycles. The summed E-state index contributed by atoms with van der Waals surface area (Å²) in [5, 5.41) is 4.34. The normalized spacial score (nSPS) is 21.5. The van der Waals surface area contributed by atoms with Crippen LogP contribution in [0.2, 0.25) is 0 Å². The van der Waals surface area contributed by atoms with Crippen molar-refractivity contribution in [2.45, 2.75) is 11.0 Å². The minimum Gasteiger partial charge on any atom is -0.488 e. The summed E-state index contributed by atoms with van der Waals surface area (Å²) in [5.41, 5.74) is 0.713. The molecule has 1 N–H and O–H groups in total. The van der Waals surface area contributed by atoms with Crippen LogP contribution in [-0.4, -0.2) is 27.6 Å². The van der Waals surface area contributed by atoms with Crippen molar-refractivity contribution >= 4 is 15.9 Å². The molecule has 5 heteroatoms. The highest BCUT2D eigenvalue weighted by atomic mass is 32.2. The fraction of sp³-hybridized carbons (Fsp3) is 0.273. The summed E-state index contributed by atoms with van der Waals surface area (Å²) in [6, 6.07) is 5.09. The van der Waals surface area contributed by atoms with Gasteiger partial charge in [0.15, 0.2) is 9.84 Å². The number of ether oxygens (including phenoxy) is 1. The van der Waals surface area contributed by atoms with E-state index in [9.17, 15) is 8.42 Å². The lowest BCUT2D eigenvalue weighted by Gasteiger charge is -2.27. The van der Waals surface area contributed by atoms with Crippen LogP contribution in [0.1, 0.15) is 5.56 Å². The summed E-state index contributed by atoms with van der Waals surface area (Å²) in [6.07, 6.45) is 1.82. The Bertz CT molecular complexity index is 559. The van der Waals surface area contributed by atoms with Crippen molar-refractivity contribution in [1.82, 2.24) is 5.32 Å². The molecule has 0 unspecified atom stereocenters. The van der Waals surface area contributed by atoms with Gasteiger partial charge in [-0.2, -0.15) is 0 Å². The first kappa shape index (κ1) is 9.86. The molecule has 1 fully saturated rings. The van der Waals surface area contributed by atoms with Crippen molar-refractivity contribution < 1.29 is 13.2 Å². The fourth-order valence-electron chi connectivity index (χ4n) is 1.76. The molecule has 0 amide bonds. The smallest absolute Gasteiger partial charge is 0.200 e. The number of hydrogen-bond donors (Lipinski definition) is 1. The topological polar surface area (TPSA) is 55.4 Å². The molecule has 0 bridgehead atoms. The van der Waals surface area contributed by atoms with Crippen molar-refractivity contribution in [2.75, 3.05) is 13.1 Å². The largest absolute Gasteiger partial charge is 0.488 e. The van der Waals surface area contributed by atoms with Crippen LogP contribution >= 0.6 is 0 Å². The molecular weight excluding hydrogens is 226 g/mol. The second kappa shape index (κ2) is 3.33. The molecule has 2 aliphatic rings. The van der Waals surface area contributed by atoms with E-state index in [1.165, 1.54) is 5.41 Å². The third-order valence-corrected chi connectivity index (χ3v) is 4.24. The molecule has 2 heterocycles. The van der Waals surface area contributed by atoms with Crippen molar-refractivity contribution in [1.29, 1.82) is 0 Å². The third-order valence-electron chi connectivity index (χ3n) is 2.76. The average molecular weight is 237 g/mol. The number of rotatable bonds is 2. The first-order valence-electron chi connectivity index (χ1n) is 5.10. The third kappa shape index (κ3) is 1.52.